The van der Waals surface area contributed by atoms with Crippen LogP contribution >= 0.6 is 0 Å². The molecule has 0 aliphatic heterocycles. The summed E-state index contributed by atoms with van der Waals surface area (Å²) in [5, 5.41) is 5.94. The molecule has 0 radical (unpaired) electrons. The second kappa shape index (κ2) is 5.35. The zero-order valence-electron chi connectivity index (χ0n) is 10.7. The number of hydrogen-bond acceptors (Lipinski definition) is 4. The number of rotatable bonds is 6. The zero-order chi connectivity index (χ0) is 13.0. The summed E-state index contributed by atoms with van der Waals surface area (Å²) in [6.07, 6.45) is 5.19. The molecule has 1 saturated carbocycles. The van der Waals surface area contributed by atoms with E-state index >= 15 is 0 Å². The lowest BCUT2D eigenvalue weighted by Gasteiger charge is -2.16. The molecule has 0 unspecified atom stereocenters. The summed E-state index contributed by atoms with van der Waals surface area (Å²) >= 11 is 0. The van der Waals surface area contributed by atoms with Gasteiger partial charge in [0.15, 0.2) is 0 Å². The van der Waals surface area contributed by atoms with E-state index in [4.69, 9.17) is 5.73 Å². The van der Waals surface area contributed by atoms with E-state index in [9.17, 15) is 4.79 Å². The molecule has 5 heteroatoms. The molecule has 0 saturated heterocycles. The van der Waals surface area contributed by atoms with Crippen LogP contribution in [0.3, 0.4) is 0 Å². The van der Waals surface area contributed by atoms with Gasteiger partial charge in [-0.05, 0) is 43.4 Å². The maximum absolute atomic E-state index is 11.5. The van der Waals surface area contributed by atoms with Gasteiger partial charge in [0.25, 0.3) is 5.91 Å². The number of amides is 1. The fourth-order valence-electron chi connectivity index (χ4n) is 2.08. The smallest absolute Gasteiger partial charge is 0.269 e. The predicted octanol–water partition coefficient (Wildman–Crippen LogP) is 0.982. The van der Waals surface area contributed by atoms with Crippen LogP contribution in [0.25, 0.3) is 0 Å². The largest absolute Gasteiger partial charge is 0.384 e. The molecular formula is C13H20N4O. The van der Waals surface area contributed by atoms with Gasteiger partial charge in [-0.15, -0.1) is 0 Å². The minimum absolute atomic E-state index is 0.165. The maximum Gasteiger partial charge on any atom is 0.269 e. The number of nitrogens with one attached hydrogen (secondary N) is 2. The van der Waals surface area contributed by atoms with Gasteiger partial charge in [0.2, 0.25) is 0 Å². The van der Waals surface area contributed by atoms with Crippen molar-refractivity contribution < 1.29 is 4.79 Å². The molecule has 18 heavy (non-hydrogen) atoms. The average molecular weight is 248 g/mol. The van der Waals surface area contributed by atoms with Crippen molar-refractivity contribution in [3.8, 4) is 0 Å². The van der Waals surface area contributed by atoms with Gasteiger partial charge in [-0.2, -0.15) is 0 Å². The second-order valence-electron chi connectivity index (χ2n) is 4.90. The quantitative estimate of drug-likeness (QED) is 0.701. The Morgan fingerprint density at radius 2 is 2.33 bits per heavy atom. The van der Waals surface area contributed by atoms with Gasteiger partial charge in [0, 0.05) is 25.5 Å². The molecular weight excluding hydrogens is 228 g/mol. The van der Waals surface area contributed by atoms with E-state index in [1.54, 1.807) is 19.3 Å². The van der Waals surface area contributed by atoms with Crippen LogP contribution in [0.1, 0.15) is 29.8 Å². The minimum atomic E-state index is -0.165. The molecule has 0 spiro atoms. The van der Waals surface area contributed by atoms with E-state index in [1.165, 1.54) is 12.8 Å². The van der Waals surface area contributed by atoms with E-state index in [0.717, 1.165) is 25.2 Å². The van der Waals surface area contributed by atoms with Crippen LogP contribution in [-0.2, 0) is 0 Å². The van der Waals surface area contributed by atoms with Crippen molar-refractivity contribution in [1.82, 2.24) is 10.3 Å². The lowest BCUT2D eigenvalue weighted by molar-refractivity contribution is 0.0958. The Hall–Kier alpha value is -1.62. The summed E-state index contributed by atoms with van der Waals surface area (Å²) in [6.45, 7) is 1.66. The summed E-state index contributed by atoms with van der Waals surface area (Å²) in [4.78, 5) is 15.5. The first-order valence-electron chi connectivity index (χ1n) is 6.31. The molecule has 1 aliphatic rings. The van der Waals surface area contributed by atoms with Gasteiger partial charge < -0.3 is 16.4 Å². The van der Waals surface area contributed by atoms with E-state index in [0.29, 0.717) is 11.1 Å². The van der Waals surface area contributed by atoms with Gasteiger partial charge in [0.05, 0.1) is 0 Å². The first kappa shape index (κ1) is 12.8. The first-order chi connectivity index (χ1) is 8.69. The van der Waals surface area contributed by atoms with E-state index in [1.807, 2.05) is 6.07 Å². The molecule has 0 bridgehead atoms. The second-order valence-corrected chi connectivity index (χ2v) is 4.90. The fourth-order valence-corrected chi connectivity index (χ4v) is 2.08. The third-order valence-electron chi connectivity index (χ3n) is 3.52. The SMILES string of the molecule is CNC(=O)c1cc(NCC2(CCN)CC2)ccn1. The average Bonchev–Trinajstić information content (AvgIpc) is 3.17. The van der Waals surface area contributed by atoms with E-state index < -0.39 is 0 Å². The van der Waals surface area contributed by atoms with Crippen LogP contribution in [0.15, 0.2) is 18.3 Å². The van der Waals surface area contributed by atoms with Crippen molar-refractivity contribution in [2.45, 2.75) is 19.3 Å². The minimum Gasteiger partial charge on any atom is -0.384 e. The maximum atomic E-state index is 11.5. The summed E-state index contributed by atoms with van der Waals surface area (Å²) < 4.78 is 0. The monoisotopic (exact) mass is 248 g/mol. The van der Waals surface area contributed by atoms with E-state index in [2.05, 4.69) is 15.6 Å². The molecule has 1 heterocycles. The molecule has 1 amide bonds. The predicted molar refractivity (Wildman–Crippen MR) is 71.5 cm³/mol. The lowest BCUT2D eigenvalue weighted by atomic mass is 10.0. The van der Waals surface area contributed by atoms with Gasteiger partial charge >= 0.3 is 0 Å². The number of carbonyl (C=O) groups excluding carboxylic acids is 1. The van der Waals surface area contributed by atoms with Crippen molar-refractivity contribution in [3.05, 3.63) is 24.0 Å². The van der Waals surface area contributed by atoms with Crippen molar-refractivity contribution in [1.29, 1.82) is 0 Å². The number of pyridine rings is 1. The lowest BCUT2D eigenvalue weighted by Crippen LogP contribution is -2.21. The van der Waals surface area contributed by atoms with Crippen molar-refractivity contribution in [2.75, 3.05) is 25.5 Å². The fraction of sp³-hybridized carbons (Fsp3) is 0.538. The summed E-state index contributed by atoms with van der Waals surface area (Å²) in [6, 6.07) is 3.66. The Balaban J connectivity index is 1.95. The molecule has 5 nitrogen and oxygen atoms in total. The Morgan fingerprint density at radius 3 is 2.94 bits per heavy atom. The van der Waals surface area contributed by atoms with Crippen LogP contribution in [0.5, 0.6) is 0 Å². The third-order valence-corrected chi connectivity index (χ3v) is 3.52. The van der Waals surface area contributed by atoms with Crippen LogP contribution < -0.4 is 16.4 Å². The number of carbonyl (C=O) groups is 1. The highest BCUT2D eigenvalue weighted by Gasteiger charge is 2.41. The van der Waals surface area contributed by atoms with Gasteiger partial charge in [-0.1, -0.05) is 0 Å². The number of hydrogen-bond donors (Lipinski definition) is 3. The van der Waals surface area contributed by atoms with Gasteiger partial charge in [-0.3, -0.25) is 9.78 Å². The van der Waals surface area contributed by atoms with Crippen LogP contribution in [0, 0.1) is 5.41 Å². The first-order valence-corrected chi connectivity index (χ1v) is 6.31. The number of aromatic nitrogens is 1. The number of nitrogens with two attached hydrogens (primary N) is 1. The standard InChI is InChI=1S/C13H20N4O/c1-15-12(18)11-8-10(2-7-16-11)17-9-13(3-4-13)5-6-14/h2,7-8H,3-6,9,14H2,1H3,(H,15,18)(H,16,17). The highest BCUT2D eigenvalue weighted by Crippen LogP contribution is 2.48. The summed E-state index contributed by atoms with van der Waals surface area (Å²) in [5.74, 6) is -0.165. The van der Waals surface area contributed by atoms with Crippen LogP contribution in [0.4, 0.5) is 5.69 Å². The zero-order valence-corrected chi connectivity index (χ0v) is 10.7. The topological polar surface area (TPSA) is 80.0 Å². The summed E-state index contributed by atoms with van der Waals surface area (Å²) in [7, 11) is 1.60. The normalized spacial score (nSPS) is 16.1. The Morgan fingerprint density at radius 1 is 1.56 bits per heavy atom. The van der Waals surface area contributed by atoms with Gasteiger partial charge in [0.1, 0.15) is 5.69 Å². The molecule has 1 aromatic heterocycles. The molecule has 0 aromatic carbocycles. The van der Waals surface area contributed by atoms with Crippen LogP contribution in [-0.4, -0.2) is 31.0 Å². The molecule has 98 valence electrons. The molecule has 0 atom stereocenters. The number of nitrogens with zero attached hydrogens (tertiary/aromatic N) is 1. The Kier molecular flexibility index (Phi) is 3.81. The van der Waals surface area contributed by atoms with Crippen molar-refractivity contribution in [3.63, 3.8) is 0 Å². The number of anilines is 1. The Bertz CT molecular complexity index is 429. The highest BCUT2D eigenvalue weighted by atomic mass is 16.1. The molecule has 1 aromatic rings. The molecule has 2 rings (SSSR count). The van der Waals surface area contributed by atoms with Crippen molar-refractivity contribution >= 4 is 11.6 Å². The van der Waals surface area contributed by atoms with Gasteiger partial charge in [-0.25, -0.2) is 0 Å². The Labute approximate surface area is 107 Å². The molecule has 1 fully saturated rings. The highest BCUT2D eigenvalue weighted by molar-refractivity contribution is 5.92. The van der Waals surface area contributed by atoms with Crippen molar-refractivity contribution in [2.24, 2.45) is 11.1 Å². The van der Waals surface area contributed by atoms with Crippen LogP contribution in [0.2, 0.25) is 0 Å². The van der Waals surface area contributed by atoms with E-state index in [-0.39, 0.29) is 5.91 Å². The summed E-state index contributed by atoms with van der Waals surface area (Å²) in [5.41, 5.74) is 7.37. The third kappa shape index (κ3) is 2.98. The molecule has 4 N–H and O–H groups in total. The molecule has 1 aliphatic carbocycles.